The van der Waals surface area contributed by atoms with Gasteiger partial charge in [-0.3, -0.25) is 0 Å². The molecular weight excluding hydrogens is 645 g/mol. The summed E-state index contributed by atoms with van der Waals surface area (Å²) in [4.78, 5) is 14.8. The van der Waals surface area contributed by atoms with Gasteiger partial charge in [0.25, 0.3) is 0 Å². The van der Waals surface area contributed by atoms with E-state index in [-0.39, 0.29) is 17.2 Å². The van der Waals surface area contributed by atoms with Crippen LogP contribution < -0.4 is 0 Å². The van der Waals surface area contributed by atoms with Gasteiger partial charge in [0.05, 0.1) is 29.1 Å². The largest absolute Gasteiger partial charge is 0.453 e. The standard InChI is InChI=1S/C45H26N4OS/c1-2-13-27(14-3-1)43-46-44(48-45(47-43)35-22-11-20-33-30-17-6-9-26-39(30)51-42(33)35)34-21-10-18-31-32-19-12-25-38(41(32)50-40(31)34)49-36-23-7-4-15-28(36)29-16-5-8-24-37(29)49/h1-26H/i1D,2D,3D,13D,14D. The molecule has 0 saturated carbocycles. The van der Waals surface area contributed by atoms with Crippen molar-refractivity contribution in [2.45, 2.75) is 0 Å². The number of nitrogens with zero attached hydrogens (tertiary/aromatic N) is 4. The molecule has 0 saturated heterocycles. The molecule has 7 aromatic carbocycles. The zero-order valence-electron chi connectivity index (χ0n) is 31.7. The van der Waals surface area contributed by atoms with Crippen LogP contribution in [0.4, 0.5) is 0 Å². The molecule has 11 aromatic rings. The summed E-state index contributed by atoms with van der Waals surface area (Å²) in [5, 5.41) is 6.22. The van der Waals surface area contributed by atoms with E-state index in [1.807, 2.05) is 66.7 Å². The molecule has 5 nitrogen and oxygen atoms in total. The summed E-state index contributed by atoms with van der Waals surface area (Å²) >= 11 is 1.63. The van der Waals surface area contributed by atoms with Gasteiger partial charge in [0.15, 0.2) is 23.1 Å². The summed E-state index contributed by atoms with van der Waals surface area (Å²) in [5.41, 5.74) is 5.46. The van der Waals surface area contributed by atoms with Gasteiger partial charge in [-0.1, -0.05) is 121 Å². The first-order valence-electron chi connectivity index (χ1n) is 19.0. The van der Waals surface area contributed by atoms with E-state index < -0.39 is 30.2 Å². The van der Waals surface area contributed by atoms with E-state index in [1.165, 1.54) is 0 Å². The molecule has 0 aliphatic rings. The molecular formula is C45H26N4OS. The van der Waals surface area contributed by atoms with E-state index in [0.717, 1.165) is 64.0 Å². The van der Waals surface area contributed by atoms with E-state index in [0.29, 0.717) is 22.6 Å². The molecule has 11 rings (SSSR count). The van der Waals surface area contributed by atoms with Crippen molar-refractivity contribution in [2.24, 2.45) is 0 Å². The average Bonchev–Trinajstić information content (AvgIpc) is 3.92. The molecule has 0 bridgehead atoms. The molecule has 0 atom stereocenters. The number of furan rings is 1. The first kappa shape index (κ1) is 23.7. The van der Waals surface area contributed by atoms with Crippen LogP contribution in [0.1, 0.15) is 6.85 Å². The Morgan fingerprint density at radius 2 is 1.06 bits per heavy atom. The number of fused-ring (bicyclic) bond motifs is 9. The summed E-state index contributed by atoms with van der Waals surface area (Å²) < 4.78 is 54.0. The van der Waals surface area contributed by atoms with Gasteiger partial charge >= 0.3 is 0 Å². The van der Waals surface area contributed by atoms with Crippen molar-refractivity contribution in [2.75, 3.05) is 0 Å². The van der Waals surface area contributed by atoms with Gasteiger partial charge in [-0.2, -0.15) is 0 Å². The summed E-state index contributed by atoms with van der Waals surface area (Å²) in [6.45, 7) is 0. The van der Waals surface area contributed by atoms with Gasteiger partial charge in [-0.05, 0) is 36.4 Å². The van der Waals surface area contributed by atoms with E-state index in [2.05, 4.69) is 65.2 Å². The Bertz CT molecular complexity index is 3380. The monoisotopic (exact) mass is 675 g/mol. The number of hydrogen-bond donors (Lipinski definition) is 0. The molecule has 4 heterocycles. The van der Waals surface area contributed by atoms with Crippen molar-refractivity contribution in [3.8, 4) is 39.9 Å². The number of aromatic nitrogens is 4. The van der Waals surface area contributed by atoms with Crippen LogP contribution in [0.15, 0.2) is 162 Å². The van der Waals surface area contributed by atoms with E-state index in [9.17, 15) is 0 Å². The van der Waals surface area contributed by atoms with Gasteiger partial charge < -0.3 is 8.98 Å². The fourth-order valence-electron chi connectivity index (χ4n) is 7.35. The molecule has 0 aliphatic carbocycles. The Kier molecular flexibility index (Phi) is 5.08. The first-order chi connectivity index (χ1) is 27.4. The van der Waals surface area contributed by atoms with Gasteiger partial charge in [0, 0.05) is 52.8 Å². The maximum absolute atomic E-state index is 8.85. The van der Waals surface area contributed by atoms with Gasteiger partial charge in [0.1, 0.15) is 5.58 Å². The van der Waals surface area contributed by atoms with Crippen molar-refractivity contribution in [3.05, 3.63) is 158 Å². The summed E-state index contributed by atoms with van der Waals surface area (Å²) in [6, 6.07) is 40.6. The van der Waals surface area contributed by atoms with Crippen LogP contribution in [0.2, 0.25) is 0 Å². The number of para-hydroxylation sites is 4. The minimum Gasteiger partial charge on any atom is -0.453 e. The van der Waals surface area contributed by atoms with Crippen molar-refractivity contribution in [1.82, 2.24) is 19.5 Å². The third kappa shape index (κ3) is 4.24. The Balaban J connectivity index is 1.20. The van der Waals surface area contributed by atoms with Crippen LogP contribution in [0, 0.1) is 0 Å². The molecule has 0 N–H and O–H groups in total. The molecule has 6 heteroatoms. The molecule has 0 radical (unpaired) electrons. The van der Waals surface area contributed by atoms with Crippen molar-refractivity contribution in [1.29, 1.82) is 0 Å². The molecule has 51 heavy (non-hydrogen) atoms. The predicted octanol–water partition coefficient (Wildman–Crippen LogP) is 12.2. The van der Waals surface area contributed by atoms with Crippen molar-refractivity contribution >= 4 is 75.3 Å². The quantitative estimate of drug-likeness (QED) is 0.186. The number of thiophene rings is 1. The lowest BCUT2D eigenvalue weighted by Gasteiger charge is -2.09. The van der Waals surface area contributed by atoms with Crippen molar-refractivity contribution in [3.63, 3.8) is 0 Å². The molecule has 0 aliphatic heterocycles. The lowest BCUT2D eigenvalue weighted by molar-refractivity contribution is 0.667. The smallest absolute Gasteiger partial charge is 0.167 e. The lowest BCUT2D eigenvalue weighted by atomic mass is 10.1. The summed E-state index contributed by atoms with van der Waals surface area (Å²) in [7, 11) is 0. The molecule has 238 valence electrons. The Morgan fingerprint density at radius 3 is 1.82 bits per heavy atom. The average molecular weight is 676 g/mol. The lowest BCUT2D eigenvalue weighted by Crippen LogP contribution is -2.00. The normalized spacial score (nSPS) is 13.3. The summed E-state index contributed by atoms with van der Waals surface area (Å²) in [5.74, 6) is 0.533. The van der Waals surface area contributed by atoms with Crippen LogP contribution in [0.3, 0.4) is 0 Å². The first-order valence-corrected chi connectivity index (χ1v) is 17.4. The van der Waals surface area contributed by atoms with E-state index >= 15 is 0 Å². The Labute approximate surface area is 302 Å². The van der Waals surface area contributed by atoms with Crippen LogP contribution in [0.5, 0.6) is 0 Å². The third-order valence-electron chi connectivity index (χ3n) is 9.57. The predicted molar refractivity (Wildman–Crippen MR) is 211 cm³/mol. The van der Waals surface area contributed by atoms with Crippen LogP contribution in [-0.2, 0) is 0 Å². The van der Waals surface area contributed by atoms with Crippen LogP contribution >= 0.6 is 11.3 Å². The molecule has 0 amide bonds. The minimum absolute atomic E-state index is 0.0285. The maximum atomic E-state index is 8.85. The number of rotatable bonds is 4. The van der Waals surface area contributed by atoms with E-state index in [4.69, 9.17) is 26.2 Å². The van der Waals surface area contributed by atoms with Gasteiger partial charge in [-0.25, -0.2) is 15.0 Å². The third-order valence-corrected chi connectivity index (χ3v) is 10.8. The molecule has 0 fully saturated rings. The Hall–Kier alpha value is -6.63. The second-order valence-corrected chi connectivity index (χ2v) is 13.4. The Morgan fingerprint density at radius 1 is 0.490 bits per heavy atom. The molecule has 4 aromatic heterocycles. The minimum atomic E-state index is -0.487. The van der Waals surface area contributed by atoms with Crippen LogP contribution in [-0.4, -0.2) is 19.5 Å². The highest BCUT2D eigenvalue weighted by Gasteiger charge is 2.22. The highest BCUT2D eigenvalue weighted by molar-refractivity contribution is 7.26. The van der Waals surface area contributed by atoms with Gasteiger partial charge in [0.2, 0.25) is 0 Å². The second-order valence-electron chi connectivity index (χ2n) is 12.4. The second kappa shape index (κ2) is 10.9. The highest BCUT2D eigenvalue weighted by Crippen LogP contribution is 2.42. The zero-order valence-corrected chi connectivity index (χ0v) is 27.5. The fourth-order valence-corrected chi connectivity index (χ4v) is 8.56. The number of benzene rings is 7. The van der Waals surface area contributed by atoms with Crippen LogP contribution in [0.25, 0.3) is 104 Å². The van der Waals surface area contributed by atoms with Crippen molar-refractivity contribution < 1.29 is 11.3 Å². The topological polar surface area (TPSA) is 56.7 Å². The maximum Gasteiger partial charge on any atom is 0.167 e. The fraction of sp³-hybridized carbons (Fsp3) is 0. The zero-order chi connectivity index (χ0) is 37.8. The number of hydrogen-bond acceptors (Lipinski definition) is 5. The van der Waals surface area contributed by atoms with E-state index in [1.54, 1.807) is 11.3 Å². The van der Waals surface area contributed by atoms with Gasteiger partial charge in [-0.15, -0.1) is 11.3 Å². The molecule has 0 unspecified atom stereocenters. The summed E-state index contributed by atoms with van der Waals surface area (Å²) in [6.07, 6.45) is 0. The highest BCUT2D eigenvalue weighted by atomic mass is 32.1. The SMILES string of the molecule is [2H]c1c([2H])c([2H])c(-c2nc(-c3cccc4c3oc3c(-n5c6ccccc6c6ccccc65)cccc34)nc(-c3cccc4c3sc3ccccc34)n2)c([2H])c1[2H]. The molecule has 0 spiro atoms.